The fraction of sp³-hybridized carbons (Fsp3) is 0.310. The molecular formula is C42H44Cl3F6N8O16PS. The summed E-state index contributed by atoms with van der Waals surface area (Å²) >= 11 is 17.3. The Labute approximate surface area is 446 Å². The molecule has 0 saturated heterocycles. The minimum absolute atomic E-state index is 0.0104. The Balaban J connectivity index is 0.000000379. The first-order chi connectivity index (χ1) is 35.4. The number of carboxylic acids is 2. The van der Waals surface area contributed by atoms with Gasteiger partial charge in [0.25, 0.3) is 15.6 Å². The van der Waals surface area contributed by atoms with E-state index in [9.17, 15) is 68.1 Å². The van der Waals surface area contributed by atoms with Crippen molar-refractivity contribution >= 4 is 82.3 Å². The largest absolute Gasteiger partial charge is 0.494 e. The average Bonchev–Trinajstić information content (AvgIpc) is 3.29. The second-order valence-electron chi connectivity index (χ2n) is 15.0. The number of carboxylic acid groups (broad SMARTS) is 2. The van der Waals surface area contributed by atoms with Crippen LogP contribution in [0.5, 0.6) is 11.8 Å². The number of hydrogen-bond acceptors (Lipinski definition) is 16. The number of anilines is 1. The van der Waals surface area contributed by atoms with Gasteiger partial charge in [-0.25, -0.2) is 36.9 Å². The third kappa shape index (κ3) is 21.6. The summed E-state index contributed by atoms with van der Waals surface area (Å²) in [5, 5.41) is 21.3. The van der Waals surface area contributed by atoms with Crippen LogP contribution in [0.15, 0.2) is 75.1 Å². The third-order valence-corrected chi connectivity index (χ3v) is 11.8. The highest BCUT2D eigenvalue weighted by molar-refractivity contribution is 7.90. The summed E-state index contributed by atoms with van der Waals surface area (Å²) in [7, 11) is -5.01. The van der Waals surface area contributed by atoms with Crippen LogP contribution >= 0.6 is 42.4 Å². The lowest BCUT2D eigenvalue weighted by molar-refractivity contribution is -0.144. The zero-order valence-corrected chi connectivity index (χ0v) is 44.3. The second-order valence-corrected chi connectivity index (χ2v) is 19.5. The normalized spacial score (nSPS) is 11.4. The van der Waals surface area contributed by atoms with Crippen molar-refractivity contribution in [2.24, 2.45) is 7.05 Å². The number of urea groups is 1. The summed E-state index contributed by atoms with van der Waals surface area (Å²) in [6, 6.07) is 10.6. The number of methoxy groups -OCH3 is 2. The van der Waals surface area contributed by atoms with Crippen molar-refractivity contribution < 1.29 is 92.7 Å². The number of aromatic carboxylic acids is 1. The van der Waals surface area contributed by atoms with E-state index in [1.54, 1.807) is 18.6 Å². The van der Waals surface area contributed by atoms with Crippen molar-refractivity contribution in [1.29, 1.82) is 0 Å². The number of aromatic nitrogens is 5. The number of nitrogens with zero attached hydrogens (tertiary/aromatic N) is 5. The maximum absolute atomic E-state index is 12.9. The Morgan fingerprint density at radius 1 is 0.857 bits per heavy atom. The minimum Gasteiger partial charge on any atom is -0.494 e. The second kappa shape index (κ2) is 28.5. The standard InChI is InChI=1S/C16H14ClF3N2O4.C15H16F3N5O4S.C8H6Cl2O3.C3H8NO5P/c1-8(2)26-14(24)10-6-9(4-5-11(10)17)22-13(23)7-12(16(18,19)20)21(3)15(22)25;1-9-19-12(22-14(20-9)27-2)21-13(24)23-28(25,26)11-6-4-3-5-10(11)7-8-15(16,17)18;1-13-7-5(10)3-2-4(9)6(7)8(11)12;5-3(6)1-4-2-10(7,8)9/h4-8H,1-3H3;3-6H,7-8H2,1-2H3,(H2,19,20,21,22,23,24);2-3H,1H3,(H,11,12);4H,1-2H2,(H,5,6)(H2,7,8,9). The minimum atomic E-state index is -4.86. The van der Waals surface area contributed by atoms with Crippen LogP contribution in [-0.4, -0.2) is 116 Å². The Hall–Kier alpha value is -6.86. The van der Waals surface area contributed by atoms with E-state index in [-0.39, 0.29) is 61.0 Å². The lowest BCUT2D eigenvalue weighted by Gasteiger charge is -2.15. The van der Waals surface area contributed by atoms with Gasteiger partial charge in [0.05, 0.1) is 64.4 Å². The Morgan fingerprint density at radius 2 is 1.45 bits per heavy atom. The molecule has 0 atom stereocenters. The molecule has 2 amide bonds. The highest BCUT2D eigenvalue weighted by Gasteiger charge is 2.35. The number of halogens is 9. The molecule has 2 aromatic heterocycles. The summed E-state index contributed by atoms with van der Waals surface area (Å²) in [6.07, 6.45) is -12.1. The number of aliphatic carboxylic acids is 1. The van der Waals surface area contributed by atoms with E-state index in [0.717, 1.165) is 19.2 Å². The van der Waals surface area contributed by atoms with Crippen molar-refractivity contribution in [2.75, 3.05) is 32.4 Å². The number of carbonyl (C=O) groups excluding carboxylic acids is 2. The zero-order valence-electron chi connectivity index (χ0n) is 40.4. The first-order valence-corrected chi connectivity index (χ1v) is 25.2. The summed E-state index contributed by atoms with van der Waals surface area (Å²) in [5.41, 5.74) is -4.19. The van der Waals surface area contributed by atoms with Crippen LogP contribution in [0.4, 0.5) is 37.1 Å². The van der Waals surface area contributed by atoms with Crippen molar-refractivity contribution in [2.45, 2.75) is 57.0 Å². The van der Waals surface area contributed by atoms with Gasteiger partial charge in [-0.05, 0) is 69.2 Å². The molecule has 77 heavy (non-hydrogen) atoms. The van der Waals surface area contributed by atoms with Gasteiger partial charge in [-0.15, -0.1) is 0 Å². The van der Waals surface area contributed by atoms with E-state index in [0.29, 0.717) is 15.2 Å². The molecule has 0 aliphatic carbocycles. The maximum Gasteiger partial charge on any atom is 0.431 e. The van der Waals surface area contributed by atoms with Gasteiger partial charge in [0.15, 0.2) is 5.75 Å². The molecule has 0 bridgehead atoms. The number of hydrogen-bond donors (Lipinski definition) is 7. The number of carbonyl (C=O) groups is 4. The summed E-state index contributed by atoms with van der Waals surface area (Å²) in [4.78, 5) is 96.2. The van der Waals surface area contributed by atoms with Crippen LogP contribution in [0.25, 0.3) is 5.69 Å². The van der Waals surface area contributed by atoms with Gasteiger partial charge >= 0.3 is 55.6 Å². The number of sulfonamides is 1. The molecule has 3 aromatic carbocycles. The molecule has 5 rings (SSSR count). The summed E-state index contributed by atoms with van der Waals surface area (Å²) < 4.78 is 128. The van der Waals surface area contributed by atoms with Crippen molar-refractivity contribution in [3.63, 3.8) is 0 Å². The monoisotopic (exact) mass is 1200 g/mol. The van der Waals surface area contributed by atoms with Crippen LogP contribution in [0.2, 0.25) is 15.1 Å². The molecule has 24 nitrogen and oxygen atoms in total. The quantitative estimate of drug-likeness (QED) is 0.0336. The van der Waals surface area contributed by atoms with Gasteiger partial charge in [-0.1, -0.05) is 53.0 Å². The van der Waals surface area contributed by atoms with Gasteiger partial charge in [0.1, 0.15) is 17.1 Å². The summed E-state index contributed by atoms with van der Waals surface area (Å²) in [5.74, 6) is -3.06. The number of amides is 2. The molecule has 35 heteroatoms. The number of benzene rings is 3. The molecule has 7 N–H and O–H groups in total. The molecule has 0 fully saturated rings. The van der Waals surface area contributed by atoms with E-state index in [2.05, 4.69) is 25.6 Å². The first-order valence-electron chi connectivity index (χ1n) is 20.8. The number of rotatable bonds is 15. The molecule has 0 saturated carbocycles. The molecule has 2 heterocycles. The SMILES string of the molecule is CC(C)OC(=O)c1cc(-n2c(=O)cc(C(F)(F)F)n(C)c2=O)ccc1Cl.COc1c(Cl)ccc(Cl)c1C(=O)O.COc1nc(C)nc(NC(=O)NS(=O)(=O)c2ccccc2CCC(F)(F)F)n1.O=C(O)CNCP(=O)(O)O. The average molecular weight is 1200 g/mol. The van der Waals surface area contributed by atoms with Gasteiger partial charge in [-0.2, -0.15) is 41.3 Å². The fourth-order valence-electron chi connectivity index (χ4n) is 5.62. The fourth-order valence-corrected chi connectivity index (χ4v) is 7.86. The van der Waals surface area contributed by atoms with E-state index < -0.39 is 108 Å². The first kappa shape index (κ1) is 66.3. The molecule has 0 unspecified atom stereocenters. The number of esters is 1. The number of aryl methyl sites for hydroxylation is 2. The predicted molar refractivity (Wildman–Crippen MR) is 262 cm³/mol. The topological polar surface area (TPSA) is 347 Å². The molecule has 0 aliphatic heterocycles. The van der Waals surface area contributed by atoms with Gasteiger partial charge in [0, 0.05) is 19.5 Å². The highest BCUT2D eigenvalue weighted by atomic mass is 35.5. The Morgan fingerprint density at radius 3 is 1.97 bits per heavy atom. The molecule has 422 valence electrons. The van der Waals surface area contributed by atoms with Crippen LogP contribution < -0.4 is 36.1 Å². The van der Waals surface area contributed by atoms with Crippen molar-refractivity contribution in [1.82, 2.24) is 34.1 Å². The summed E-state index contributed by atoms with van der Waals surface area (Å²) in [6.45, 7) is 4.30. The number of alkyl halides is 6. The number of ether oxygens (including phenoxy) is 3. The molecule has 0 spiro atoms. The van der Waals surface area contributed by atoms with E-state index in [1.807, 2.05) is 0 Å². The van der Waals surface area contributed by atoms with Crippen LogP contribution in [-0.2, 0) is 43.8 Å². The predicted octanol–water partition coefficient (Wildman–Crippen LogP) is 6.46. The van der Waals surface area contributed by atoms with Gasteiger partial charge in [0.2, 0.25) is 5.95 Å². The molecule has 5 aromatic rings. The Kier molecular flexibility index (Phi) is 24.5. The van der Waals surface area contributed by atoms with E-state index in [4.69, 9.17) is 69.0 Å². The number of nitrogens with one attached hydrogen (secondary N) is 3. The maximum atomic E-state index is 12.9. The third-order valence-electron chi connectivity index (χ3n) is 8.75. The van der Waals surface area contributed by atoms with Crippen molar-refractivity contribution in [3.8, 4) is 17.4 Å². The van der Waals surface area contributed by atoms with Crippen molar-refractivity contribution in [3.05, 3.63) is 125 Å². The van der Waals surface area contributed by atoms with Gasteiger partial charge < -0.3 is 34.2 Å². The molecular weight excluding hydrogens is 1160 g/mol. The Bertz CT molecular complexity index is 3240. The van der Waals surface area contributed by atoms with Gasteiger partial charge in [-0.3, -0.25) is 29.4 Å². The zero-order chi connectivity index (χ0) is 59.0. The van der Waals surface area contributed by atoms with E-state index in [1.165, 1.54) is 63.6 Å². The van der Waals surface area contributed by atoms with Crippen LogP contribution in [0.1, 0.15) is 58.1 Å². The lowest BCUT2D eigenvalue weighted by Crippen LogP contribution is -2.40. The lowest BCUT2D eigenvalue weighted by atomic mass is 10.1. The van der Waals surface area contributed by atoms with Crippen LogP contribution in [0, 0.1) is 6.92 Å². The molecule has 0 radical (unpaired) electrons. The smallest absolute Gasteiger partial charge is 0.431 e. The van der Waals surface area contributed by atoms with Crippen LogP contribution in [0.3, 0.4) is 0 Å². The molecule has 0 aliphatic rings. The van der Waals surface area contributed by atoms with E-state index >= 15 is 0 Å². The highest BCUT2D eigenvalue weighted by Crippen LogP contribution is 2.34.